The van der Waals surface area contributed by atoms with Gasteiger partial charge in [0, 0.05) is 37.3 Å². The highest BCUT2D eigenvalue weighted by atomic mass is 15.2. The lowest BCUT2D eigenvalue weighted by Gasteiger charge is -2.10. The monoisotopic (exact) mass is 308 g/mol. The van der Waals surface area contributed by atoms with Crippen molar-refractivity contribution in [3.8, 4) is 0 Å². The van der Waals surface area contributed by atoms with Gasteiger partial charge in [0.25, 0.3) is 0 Å². The second-order valence-corrected chi connectivity index (χ2v) is 5.10. The summed E-state index contributed by atoms with van der Waals surface area (Å²) in [5.41, 5.74) is 1.17. The summed E-state index contributed by atoms with van der Waals surface area (Å²) < 4.78 is 0. The van der Waals surface area contributed by atoms with E-state index < -0.39 is 0 Å². The molecule has 0 radical (unpaired) electrons. The van der Waals surface area contributed by atoms with Crippen LogP contribution in [0.3, 0.4) is 0 Å². The van der Waals surface area contributed by atoms with Gasteiger partial charge in [-0.2, -0.15) is 5.10 Å². The van der Waals surface area contributed by atoms with Gasteiger partial charge in [0.05, 0.1) is 12.4 Å². The second-order valence-electron chi connectivity index (χ2n) is 5.10. The molecule has 23 heavy (non-hydrogen) atoms. The van der Waals surface area contributed by atoms with E-state index >= 15 is 0 Å². The molecule has 1 aromatic heterocycles. The molecule has 0 atom stereocenters. The summed E-state index contributed by atoms with van der Waals surface area (Å²) in [6, 6.07) is 14.7. The first-order valence-electron chi connectivity index (χ1n) is 7.73. The third kappa shape index (κ3) is 4.37. The highest BCUT2D eigenvalue weighted by molar-refractivity contribution is 5.93. The molecule has 3 N–H and O–H groups in total. The van der Waals surface area contributed by atoms with E-state index in [2.05, 4.69) is 73.6 Å². The minimum atomic E-state index is 0.559. The maximum absolute atomic E-state index is 4.06. The van der Waals surface area contributed by atoms with Gasteiger partial charge in [0.15, 0.2) is 0 Å². The van der Waals surface area contributed by atoms with Crippen LogP contribution in [-0.2, 0) is 0 Å². The van der Waals surface area contributed by atoms with Gasteiger partial charge in [-0.3, -0.25) is 0 Å². The van der Waals surface area contributed by atoms with E-state index in [4.69, 9.17) is 0 Å². The number of anilines is 2. The molecule has 0 aliphatic carbocycles. The maximum atomic E-state index is 4.06. The number of fused-ring (bicyclic) bond motifs is 1. The van der Waals surface area contributed by atoms with Crippen LogP contribution in [0, 0.1) is 0 Å². The summed E-state index contributed by atoms with van der Waals surface area (Å²) in [4.78, 5) is 4.06. The lowest BCUT2D eigenvalue weighted by molar-refractivity contribution is 0.716. The van der Waals surface area contributed by atoms with Gasteiger partial charge in [0.1, 0.15) is 0 Å². The number of nitrogens with one attached hydrogen (secondary N) is 3. The van der Waals surface area contributed by atoms with E-state index in [0.717, 1.165) is 26.2 Å². The molecule has 0 spiro atoms. The quantitative estimate of drug-likeness (QED) is 0.554. The Morgan fingerprint density at radius 3 is 2.48 bits per heavy atom. The van der Waals surface area contributed by atoms with E-state index in [1.54, 1.807) is 12.4 Å². The lowest BCUT2D eigenvalue weighted by Crippen LogP contribution is -2.27. The highest BCUT2D eigenvalue weighted by Crippen LogP contribution is 2.22. The number of nitrogens with zero attached hydrogens (tertiary/aromatic N) is 3. The molecule has 0 aliphatic rings. The van der Waals surface area contributed by atoms with E-state index in [9.17, 15) is 0 Å². The largest absolute Gasteiger partial charge is 0.383 e. The molecule has 0 bridgehead atoms. The van der Waals surface area contributed by atoms with Gasteiger partial charge in [-0.05, 0) is 11.5 Å². The zero-order chi connectivity index (χ0) is 15.7. The molecule has 3 rings (SSSR count). The summed E-state index contributed by atoms with van der Waals surface area (Å²) in [6.07, 6.45) is 3.18. The normalized spacial score (nSPS) is 10.6. The zero-order valence-electron chi connectivity index (χ0n) is 12.9. The fourth-order valence-corrected chi connectivity index (χ4v) is 2.38. The Labute approximate surface area is 135 Å². The van der Waals surface area contributed by atoms with E-state index in [1.807, 2.05) is 0 Å². The second kappa shape index (κ2) is 8.05. The van der Waals surface area contributed by atoms with Crippen molar-refractivity contribution >= 4 is 22.4 Å². The molecule has 0 saturated heterocycles. The van der Waals surface area contributed by atoms with Gasteiger partial charge in [-0.25, -0.2) is 4.98 Å². The first-order valence-corrected chi connectivity index (χ1v) is 7.73. The van der Waals surface area contributed by atoms with Crippen LogP contribution in [0.1, 0.15) is 0 Å². The number of aromatic nitrogens is 3. The van der Waals surface area contributed by atoms with Crippen molar-refractivity contribution in [2.45, 2.75) is 0 Å². The SMILES string of the molecule is c1ccc2c(NCCNCCNc3nccnn3)cccc2c1. The molecule has 118 valence electrons. The molecule has 0 unspecified atom stereocenters. The minimum Gasteiger partial charge on any atom is -0.383 e. The number of hydrogen-bond acceptors (Lipinski definition) is 6. The first-order chi connectivity index (χ1) is 11.4. The standard InChI is InChI=1S/C17H20N6/c1-2-6-15-14(4-1)5-3-7-16(15)19-10-8-18-9-11-20-17-21-12-13-22-23-17/h1-7,12-13,18-19H,8-11H2,(H,20,21,23). The Morgan fingerprint density at radius 1 is 0.783 bits per heavy atom. The molecule has 0 aliphatic heterocycles. The minimum absolute atomic E-state index is 0.559. The average Bonchev–Trinajstić information content (AvgIpc) is 2.62. The Bertz CT molecular complexity index is 726. The van der Waals surface area contributed by atoms with Gasteiger partial charge in [-0.15, -0.1) is 5.10 Å². The first kappa shape index (κ1) is 15.2. The van der Waals surface area contributed by atoms with Crippen molar-refractivity contribution in [2.75, 3.05) is 36.8 Å². The summed E-state index contributed by atoms with van der Waals surface area (Å²) >= 11 is 0. The van der Waals surface area contributed by atoms with Gasteiger partial charge in [0.2, 0.25) is 5.95 Å². The summed E-state index contributed by atoms with van der Waals surface area (Å²) in [6.45, 7) is 3.37. The predicted molar refractivity (Wildman–Crippen MR) is 93.6 cm³/mol. The van der Waals surface area contributed by atoms with Crippen molar-refractivity contribution in [3.05, 3.63) is 54.9 Å². The van der Waals surface area contributed by atoms with Crippen LogP contribution in [0.2, 0.25) is 0 Å². The predicted octanol–water partition coefficient (Wildman–Crippen LogP) is 2.14. The maximum Gasteiger partial charge on any atom is 0.242 e. The fraction of sp³-hybridized carbons (Fsp3) is 0.235. The van der Waals surface area contributed by atoms with Crippen molar-refractivity contribution in [1.82, 2.24) is 20.5 Å². The van der Waals surface area contributed by atoms with Gasteiger partial charge >= 0.3 is 0 Å². The van der Waals surface area contributed by atoms with Crippen LogP contribution in [0.25, 0.3) is 10.8 Å². The Balaban J connectivity index is 1.37. The van der Waals surface area contributed by atoms with E-state index in [0.29, 0.717) is 5.95 Å². The lowest BCUT2D eigenvalue weighted by atomic mass is 10.1. The smallest absolute Gasteiger partial charge is 0.242 e. The van der Waals surface area contributed by atoms with Crippen LogP contribution in [0.4, 0.5) is 11.6 Å². The summed E-state index contributed by atoms with van der Waals surface area (Å²) in [7, 11) is 0. The molecular weight excluding hydrogens is 288 g/mol. The average molecular weight is 308 g/mol. The molecule has 6 heteroatoms. The summed E-state index contributed by atoms with van der Waals surface area (Å²) in [5.74, 6) is 0.559. The topological polar surface area (TPSA) is 74.8 Å². The molecule has 6 nitrogen and oxygen atoms in total. The van der Waals surface area contributed by atoms with Gasteiger partial charge in [-0.1, -0.05) is 36.4 Å². The van der Waals surface area contributed by atoms with Crippen LogP contribution < -0.4 is 16.0 Å². The fourth-order valence-electron chi connectivity index (χ4n) is 2.38. The van der Waals surface area contributed by atoms with Crippen molar-refractivity contribution < 1.29 is 0 Å². The molecule has 0 amide bonds. The van der Waals surface area contributed by atoms with Crippen LogP contribution in [-0.4, -0.2) is 41.4 Å². The Morgan fingerprint density at radius 2 is 1.61 bits per heavy atom. The number of rotatable bonds is 8. The van der Waals surface area contributed by atoms with Crippen LogP contribution in [0.5, 0.6) is 0 Å². The molecule has 3 aromatic rings. The van der Waals surface area contributed by atoms with Crippen molar-refractivity contribution in [3.63, 3.8) is 0 Å². The van der Waals surface area contributed by atoms with Crippen molar-refractivity contribution in [1.29, 1.82) is 0 Å². The summed E-state index contributed by atoms with van der Waals surface area (Å²) in [5, 5.41) is 20.1. The molecule has 0 saturated carbocycles. The van der Waals surface area contributed by atoms with E-state index in [-0.39, 0.29) is 0 Å². The molecule has 0 fully saturated rings. The number of benzene rings is 2. The highest BCUT2D eigenvalue weighted by Gasteiger charge is 1.99. The third-order valence-electron chi connectivity index (χ3n) is 3.47. The molecular formula is C17H20N6. The Kier molecular flexibility index (Phi) is 5.31. The Hall–Kier alpha value is -2.73. The van der Waals surface area contributed by atoms with Crippen LogP contribution in [0.15, 0.2) is 54.9 Å². The van der Waals surface area contributed by atoms with Gasteiger partial charge < -0.3 is 16.0 Å². The van der Waals surface area contributed by atoms with Crippen LogP contribution >= 0.6 is 0 Å². The van der Waals surface area contributed by atoms with E-state index in [1.165, 1.54) is 16.5 Å². The third-order valence-corrected chi connectivity index (χ3v) is 3.47. The molecule has 2 aromatic carbocycles. The number of hydrogen-bond donors (Lipinski definition) is 3. The molecule has 1 heterocycles. The van der Waals surface area contributed by atoms with Crippen molar-refractivity contribution in [2.24, 2.45) is 0 Å². The zero-order valence-corrected chi connectivity index (χ0v) is 12.9.